The Balaban J connectivity index is 1.37. The van der Waals surface area contributed by atoms with Crippen molar-refractivity contribution in [2.75, 3.05) is 13.1 Å². The SMILES string of the molecule is Cc1cn2cc(C3=CC(=O)N4C=C(C5CCN(C(C)C)CC5)N=CC4P3)cc(O)c2n1. The van der Waals surface area contributed by atoms with E-state index in [0.717, 1.165) is 48.2 Å². The summed E-state index contributed by atoms with van der Waals surface area (Å²) >= 11 is 0. The molecule has 0 radical (unpaired) electrons. The molecule has 2 atom stereocenters. The van der Waals surface area contributed by atoms with Gasteiger partial charge in [-0.25, -0.2) is 4.98 Å². The fourth-order valence-electron chi connectivity index (χ4n) is 4.63. The monoisotopic (exact) mass is 437 g/mol. The van der Waals surface area contributed by atoms with Gasteiger partial charge in [0, 0.05) is 48.4 Å². The number of hydrogen-bond acceptors (Lipinski definition) is 5. The van der Waals surface area contributed by atoms with Gasteiger partial charge >= 0.3 is 0 Å². The van der Waals surface area contributed by atoms with E-state index in [9.17, 15) is 9.90 Å². The Hall–Kier alpha value is -2.50. The Morgan fingerprint density at radius 1 is 1.23 bits per heavy atom. The Kier molecular flexibility index (Phi) is 5.19. The third-order valence-corrected chi connectivity index (χ3v) is 7.87. The van der Waals surface area contributed by atoms with Gasteiger partial charge in [0.2, 0.25) is 0 Å². The lowest BCUT2D eigenvalue weighted by atomic mass is 9.93. The van der Waals surface area contributed by atoms with E-state index in [1.165, 1.54) is 0 Å². The molecule has 162 valence electrons. The molecule has 2 aromatic rings. The quantitative estimate of drug-likeness (QED) is 0.745. The zero-order chi connectivity index (χ0) is 21.7. The molecule has 1 N–H and O–H groups in total. The molecular formula is C23H28N5O2P. The van der Waals surface area contributed by atoms with Gasteiger partial charge in [-0.15, -0.1) is 0 Å². The lowest BCUT2D eigenvalue weighted by Gasteiger charge is -2.37. The summed E-state index contributed by atoms with van der Waals surface area (Å²) in [7, 11) is 0.371. The Bertz CT molecular complexity index is 1120. The predicted molar refractivity (Wildman–Crippen MR) is 125 cm³/mol. The molecule has 2 aromatic heterocycles. The molecule has 0 spiro atoms. The summed E-state index contributed by atoms with van der Waals surface area (Å²) < 4.78 is 1.82. The van der Waals surface area contributed by atoms with Crippen LogP contribution in [0.15, 0.2) is 41.4 Å². The third-order valence-electron chi connectivity index (χ3n) is 6.40. The van der Waals surface area contributed by atoms with E-state index in [4.69, 9.17) is 4.99 Å². The second-order valence-electron chi connectivity index (χ2n) is 8.86. The smallest absolute Gasteiger partial charge is 0.252 e. The number of piperidine rings is 1. The Labute approximate surface area is 183 Å². The number of fused-ring (bicyclic) bond motifs is 2. The summed E-state index contributed by atoms with van der Waals surface area (Å²) in [4.78, 5) is 26.4. The fourth-order valence-corrected chi connectivity index (χ4v) is 5.95. The second-order valence-corrected chi connectivity index (χ2v) is 10.3. The van der Waals surface area contributed by atoms with E-state index < -0.39 is 0 Å². The first kappa shape index (κ1) is 20.4. The standard InChI is InChI=1S/C23H28N5O2P/c1-14(2)26-6-4-16(5-7-26)18-13-28-21(30)9-20(31-22(28)10-24-18)17-8-19(29)23-25-15(3)11-27(23)12-17/h8-14,16,22,29,31H,4-7H2,1-3H3. The molecule has 5 rings (SSSR count). The van der Waals surface area contributed by atoms with Crippen LogP contribution in [0.2, 0.25) is 0 Å². The molecule has 7 nitrogen and oxygen atoms in total. The highest BCUT2D eigenvalue weighted by atomic mass is 31.1. The van der Waals surface area contributed by atoms with Gasteiger partial charge in [0.05, 0.1) is 17.2 Å². The first-order valence-corrected chi connectivity index (χ1v) is 12.0. The van der Waals surface area contributed by atoms with Crippen LogP contribution in [0.3, 0.4) is 0 Å². The molecule has 0 saturated carbocycles. The van der Waals surface area contributed by atoms with Gasteiger partial charge in [0.25, 0.3) is 5.91 Å². The number of nitrogens with zero attached hydrogens (tertiary/aromatic N) is 5. The number of aliphatic imine (C=N–C) groups is 1. The predicted octanol–water partition coefficient (Wildman–Crippen LogP) is 3.58. The van der Waals surface area contributed by atoms with Crippen molar-refractivity contribution in [3.63, 3.8) is 0 Å². The van der Waals surface area contributed by atoms with Gasteiger partial charge in [0.15, 0.2) is 11.4 Å². The fraction of sp³-hybridized carbons (Fsp3) is 0.435. The van der Waals surface area contributed by atoms with E-state index >= 15 is 0 Å². The number of amides is 1. The molecule has 1 saturated heterocycles. The molecule has 0 bridgehead atoms. The van der Waals surface area contributed by atoms with Crippen molar-refractivity contribution in [1.82, 2.24) is 19.2 Å². The van der Waals surface area contributed by atoms with Crippen LogP contribution in [0.25, 0.3) is 11.0 Å². The Morgan fingerprint density at radius 2 is 2.00 bits per heavy atom. The number of rotatable bonds is 3. The number of allylic oxidation sites excluding steroid dienone is 1. The molecule has 0 aromatic carbocycles. The number of aromatic hydroxyl groups is 1. The summed E-state index contributed by atoms with van der Waals surface area (Å²) in [6.45, 7) is 8.54. The molecule has 2 unspecified atom stereocenters. The van der Waals surface area contributed by atoms with E-state index in [1.54, 1.807) is 12.1 Å². The van der Waals surface area contributed by atoms with E-state index in [-0.39, 0.29) is 17.4 Å². The zero-order valence-corrected chi connectivity index (χ0v) is 19.1. The molecule has 1 fully saturated rings. The van der Waals surface area contributed by atoms with Crippen LogP contribution in [0, 0.1) is 12.8 Å². The van der Waals surface area contributed by atoms with Crippen LogP contribution in [-0.2, 0) is 4.79 Å². The van der Waals surface area contributed by atoms with Crippen molar-refractivity contribution in [3.8, 4) is 5.75 Å². The van der Waals surface area contributed by atoms with Crippen molar-refractivity contribution in [3.05, 3.63) is 47.7 Å². The van der Waals surface area contributed by atoms with Gasteiger partial charge in [-0.05, 0) is 58.1 Å². The maximum atomic E-state index is 13.0. The molecule has 3 aliphatic heterocycles. The number of carbonyl (C=O) groups excluding carboxylic acids is 1. The molecule has 8 heteroatoms. The number of carbonyl (C=O) groups is 1. The number of imidazole rings is 1. The van der Waals surface area contributed by atoms with E-state index in [2.05, 4.69) is 23.7 Å². The maximum Gasteiger partial charge on any atom is 0.252 e. The zero-order valence-electron chi connectivity index (χ0n) is 18.1. The van der Waals surface area contributed by atoms with E-state index in [0.29, 0.717) is 26.2 Å². The number of likely N-dealkylation sites (tertiary alicyclic amines) is 1. The molecule has 0 aliphatic carbocycles. The lowest BCUT2D eigenvalue weighted by molar-refractivity contribution is -0.123. The van der Waals surface area contributed by atoms with Crippen LogP contribution < -0.4 is 0 Å². The van der Waals surface area contributed by atoms with Crippen LogP contribution >= 0.6 is 8.58 Å². The second kappa shape index (κ2) is 7.88. The highest BCUT2D eigenvalue weighted by molar-refractivity contribution is 7.52. The van der Waals surface area contributed by atoms with Crippen LogP contribution in [-0.4, -0.2) is 61.3 Å². The minimum Gasteiger partial charge on any atom is -0.504 e. The van der Waals surface area contributed by atoms with Gasteiger partial charge in [-0.2, -0.15) is 0 Å². The van der Waals surface area contributed by atoms with Gasteiger partial charge < -0.3 is 19.3 Å². The first-order chi connectivity index (χ1) is 14.9. The van der Waals surface area contributed by atoms with Crippen molar-refractivity contribution < 1.29 is 9.90 Å². The molecule has 5 heterocycles. The minimum atomic E-state index is -0.0608. The third kappa shape index (κ3) is 3.81. The normalized spacial score (nSPS) is 23.5. The highest BCUT2D eigenvalue weighted by Crippen LogP contribution is 2.44. The number of aryl methyl sites for hydroxylation is 1. The number of pyridine rings is 1. The average Bonchev–Trinajstić information content (AvgIpc) is 3.14. The van der Waals surface area contributed by atoms with Crippen molar-refractivity contribution in [1.29, 1.82) is 0 Å². The molecular weight excluding hydrogens is 409 g/mol. The van der Waals surface area contributed by atoms with Gasteiger partial charge in [-0.3, -0.25) is 9.79 Å². The van der Waals surface area contributed by atoms with Crippen LogP contribution in [0.5, 0.6) is 5.75 Å². The van der Waals surface area contributed by atoms with Crippen LogP contribution in [0.4, 0.5) is 0 Å². The summed E-state index contributed by atoms with van der Waals surface area (Å²) in [6.07, 6.45) is 11.6. The molecule has 1 amide bonds. The Morgan fingerprint density at radius 3 is 2.74 bits per heavy atom. The molecule has 3 aliphatic rings. The maximum absolute atomic E-state index is 13.0. The largest absolute Gasteiger partial charge is 0.504 e. The summed E-state index contributed by atoms with van der Waals surface area (Å²) in [5, 5.41) is 11.3. The number of hydrogen-bond donors (Lipinski definition) is 1. The summed E-state index contributed by atoms with van der Waals surface area (Å²) in [5.74, 6) is 0.453. The minimum absolute atomic E-state index is 0.0246. The highest BCUT2D eigenvalue weighted by Gasteiger charge is 2.32. The van der Waals surface area contributed by atoms with Gasteiger partial charge in [-0.1, -0.05) is 8.58 Å². The average molecular weight is 437 g/mol. The first-order valence-electron chi connectivity index (χ1n) is 10.9. The van der Waals surface area contributed by atoms with Crippen molar-refractivity contribution in [2.45, 2.75) is 45.4 Å². The van der Waals surface area contributed by atoms with Gasteiger partial charge in [0.1, 0.15) is 0 Å². The number of aromatic nitrogens is 2. The van der Waals surface area contributed by atoms with E-state index in [1.807, 2.05) is 41.0 Å². The van der Waals surface area contributed by atoms with Crippen molar-refractivity contribution in [2.24, 2.45) is 10.9 Å². The lowest BCUT2D eigenvalue weighted by Crippen LogP contribution is -2.41. The van der Waals surface area contributed by atoms with Crippen molar-refractivity contribution >= 4 is 31.7 Å². The molecule has 31 heavy (non-hydrogen) atoms. The van der Waals surface area contributed by atoms with Crippen LogP contribution in [0.1, 0.15) is 37.9 Å². The topological polar surface area (TPSA) is 73.4 Å². The summed E-state index contributed by atoms with van der Waals surface area (Å²) in [6, 6.07) is 2.28. The summed E-state index contributed by atoms with van der Waals surface area (Å²) in [5.41, 5.74) is 3.25.